The number of nitrogens with zero attached hydrogens (tertiary/aromatic N) is 2. The summed E-state index contributed by atoms with van der Waals surface area (Å²) < 4.78 is 5.34. The third-order valence-electron chi connectivity index (χ3n) is 3.75. The van der Waals surface area contributed by atoms with Crippen molar-refractivity contribution in [3.63, 3.8) is 0 Å². The molecule has 1 fully saturated rings. The predicted molar refractivity (Wildman–Crippen MR) is 78.1 cm³/mol. The van der Waals surface area contributed by atoms with Gasteiger partial charge in [-0.1, -0.05) is 6.07 Å². The van der Waals surface area contributed by atoms with E-state index in [4.69, 9.17) is 4.42 Å². The summed E-state index contributed by atoms with van der Waals surface area (Å²) in [6.45, 7) is 4.00. The number of nitrogens with one attached hydrogen (secondary N) is 1. The summed E-state index contributed by atoms with van der Waals surface area (Å²) in [4.78, 5) is 20.7. The fourth-order valence-electron chi connectivity index (χ4n) is 2.43. The predicted octanol–water partition coefficient (Wildman–Crippen LogP) is 2.62. The van der Waals surface area contributed by atoms with E-state index in [1.165, 1.54) is 6.39 Å². The molecule has 1 atom stereocenters. The van der Waals surface area contributed by atoms with Crippen LogP contribution < -0.4 is 5.32 Å². The molecule has 0 unspecified atom stereocenters. The van der Waals surface area contributed by atoms with Gasteiger partial charge in [0.1, 0.15) is 5.76 Å². The van der Waals surface area contributed by atoms with Crippen molar-refractivity contribution in [3.8, 4) is 0 Å². The van der Waals surface area contributed by atoms with Crippen LogP contribution in [0, 0.1) is 6.92 Å². The molecule has 5 heteroatoms. The van der Waals surface area contributed by atoms with E-state index in [2.05, 4.69) is 15.3 Å². The first-order chi connectivity index (χ1) is 10.1. The summed E-state index contributed by atoms with van der Waals surface area (Å²) in [7, 11) is 0. The van der Waals surface area contributed by atoms with Gasteiger partial charge in [-0.3, -0.25) is 9.78 Å². The highest BCUT2D eigenvalue weighted by atomic mass is 16.3. The summed E-state index contributed by atoms with van der Waals surface area (Å²) in [5, 5.41) is 2.98. The summed E-state index contributed by atoms with van der Waals surface area (Å²) in [6.07, 6.45) is 6.00. The molecule has 3 rings (SSSR count). The van der Waals surface area contributed by atoms with Gasteiger partial charge in [-0.15, -0.1) is 0 Å². The second kappa shape index (κ2) is 5.68. The first-order valence-corrected chi connectivity index (χ1v) is 7.30. The van der Waals surface area contributed by atoms with E-state index in [1.54, 1.807) is 6.20 Å². The van der Waals surface area contributed by atoms with Crippen LogP contribution in [0.4, 0.5) is 0 Å². The van der Waals surface area contributed by atoms with Gasteiger partial charge in [0, 0.05) is 30.3 Å². The Kier molecular flexibility index (Phi) is 3.73. The lowest BCUT2D eigenvalue weighted by atomic mass is 10.1. The molecule has 0 aromatic carbocycles. The number of aryl methyl sites for hydroxylation is 1. The van der Waals surface area contributed by atoms with Crippen molar-refractivity contribution in [2.45, 2.75) is 45.1 Å². The van der Waals surface area contributed by atoms with E-state index < -0.39 is 0 Å². The molecule has 1 N–H and O–H groups in total. The molecular weight excluding hydrogens is 266 g/mol. The molecule has 2 aromatic heterocycles. The van der Waals surface area contributed by atoms with Gasteiger partial charge in [-0.2, -0.15) is 0 Å². The number of carbonyl (C=O) groups excluding carboxylic acids is 1. The first-order valence-electron chi connectivity index (χ1n) is 7.30. The lowest BCUT2D eigenvalue weighted by molar-refractivity contribution is 0.0933. The average molecular weight is 285 g/mol. The highest BCUT2D eigenvalue weighted by Crippen LogP contribution is 2.41. The number of oxazole rings is 1. The molecule has 1 aliphatic carbocycles. The van der Waals surface area contributed by atoms with Crippen LogP contribution in [-0.2, 0) is 6.42 Å². The number of aromatic nitrogens is 2. The fraction of sp³-hybridized carbons (Fsp3) is 0.438. The Balaban J connectivity index is 1.64. The molecule has 1 saturated carbocycles. The number of hydrogen-bond donors (Lipinski definition) is 1. The van der Waals surface area contributed by atoms with Gasteiger partial charge in [0.25, 0.3) is 5.91 Å². The summed E-state index contributed by atoms with van der Waals surface area (Å²) >= 11 is 0. The SMILES string of the molecule is Cc1cccnc1C[C@@H](C)NC(=O)c1ncoc1C1CC1. The monoisotopic (exact) mass is 285 g/mol. The maximum absolute atomic E-state index is 12.3. The van der Waals surface area contributed by atoms with Crippen LogP contribution >= 0.6 is 0 Å². The van der Waals surface area contributed by atoms with Crippen LogP contribution in [0.1, 0.15) is 53.2 Å². The maximum atomic E-state index is 12.3. The Morgan fingerprint density at radius 3 is 3.00 bits per heavy atom. The molecule has 2 heterocycles. The number of amides is 1. The Hall–Kier alpha value is -2.17. The van der Waals surface area contributed by atoms with E-state index in [9.17, 15) is 4.79 Å². The Morgan fingerprint density at radius 2 is 2.29 bits per heavy atom. The quantitative estimate of drug-likeness (QED) is 0.917. The third kappa shape index (κ3) is 3.12. The molecule has 0 saturated heterocycles. The van der Waals surface area contributed by atoms with Crippen molar-refractivity contribution in [2.75, 3.05) is 0 Å². The number of rotatable bonds is 5. The van der Waals surface area contributed by atoms with E-state index >= 15 is 0 Å². The van der Waals surface area contributed by atoms with Crippen LogP contribution in [0.25, 0.3) is 0 Å². The zero-order valence-corrected chi connectivity index (χ0v) is 12.3. The van der Waals surface area contributed by atoms with E-state index in [1.807, 2.05) is 26.0 Å². The maximum Gasteiger partial charge on any atom is 0.273 e. The van der Waals surface area contributed by atoms with E-state index in [0.29, 0.717) is 18.0 Å². The Labute approximate surface area is 123 Å². The molecule has 0 bridgehead atoms. The minimum atomic E-state index is -0.160. The van der Waals surface area contributed by atoms with Gasteiger partial charge in [-0.05, 0) is 38.3 Å². The number of hydrogen-bond acceptors (Lipinski definition) is 4. The minimum Gasteiger partial charge on any atom is -0.447 e. The zero-order valence-electron chi connectivity index (χ0n) is 12.3. The van der Waals surface area contributed by atoms with Crippen LogP contribution in [0.3, 0.4) is 0 Å². The summed E-state index contributed by atoms with van der Waals surface area (Å²) in [6, 6.07) is 3.94. The van der Waals surface area contributed by atoms with E-state index in [-0.39, 0.29) is 11.9 Å². The number of pyridine rings is 1. The molecule has 0 aliphatic heterocycles. The second-order valence-corrected chi connectivity index (χ2v) is 5.69. The van der Waals surface area contributed by atoms with Gasteiger partial charge in [0.05, 0.1) is 0 Å². The van der Waals surface area contributed by atoms with Crippen LogP contribution in [0.5, 0.6) is 0 Å². The van der Waals surface area contributed by atoms with Crippen molar-refractivity contribution < 1.29 is 9.21 Å². The van der Waals surface area contributed by atoms with Gasteiger partial charge in [-0.25, -0.2) is 4.98 Å². The standard InChI is InChI=1S/C16H19N3O2/c1-10-4-3-7-17-13(10)8-11(2)19-16(20)14-15(12-5-6-12)21-9-18-14/h3-4,7,9,11-12H,5-6,8H2,1-2H3,(H,19,20)/t11-/m1/s1. The molecule has 2 aromatic rings. The van der Waals surface area contributed by atoms with Crippen molar-refractivity contribution in [1.29, 1.82) is 0 Å². The topological polar surface area (TPSA) is 68.0 Å². The molecule has 1 amide bonds. The third-order valence-corrected chi connectivity index (χ3v) is 3.75. The molecule has 5 nitrogen and oxygen atoms in total. The van der Waals surface area contributed by atoms with Crippen LogP contribution in [-0.4, -0.2) is 21.9 Å². The van der Waals surface area contributed by atoms with Crippen molar-refractivity contribution in [1.82, 2.24) is 15.3 Å². The molecule has 21 heavy (non-hydrogen) atoms. The van der Waals surface area contributed by atoms with Crippen LogP contribution in [0.2, 0.25) is 0 Å². The van der Waals surface area contributed by atoms with Crippen molar-refractivity contribution >= 4 is 5.91 Å². The smallest absolute Gasteiger partial charge is 0.273 e. The normalized spacial score (nSPS) is 15.7. The Bertz CT molecular complexity index is 646. The van der Waals surface area contributed by atoms with Gasteiger partial charge in [0.15, 0.2) is 12.1 Å². The summed E-state index contributed by atoms with van der Waals surface area (Å²) in [5.41, 5.74) is 2.58. The largest absolute Gasteiger partial charge is 0.447 e. The minimum absolute atomic E-state index is 0.00477. The Morgan fingerprint density at radius 1 is 1.48 bits per heavy atom. The fourth-order valence-corrected chi connectivity index (χ4v) is 2.43. The lowest BCUT2D eigenvalue weighted by Gasteiger charge is -2.14. The second-order valence-electron chi connectivity index (χ2n) is 5.69. The average Bonchev–Trinajstić information content (AvgIpc) is 3.18. The van der Waals surface area contributed by atoms with Gasteiger partial charge in [0.2, 0.25) is 0 Å². The molecule has 0 radical (unpaired) electrons. The van der Waals surface area contributed by atoms with E-state index in [0.717, 1.165) is 29.9 Å². The molecule has 110 valence electrons. The summed E-state index contributed by atoms with van der Waals surface area (Å²) in [5.74, 6) is 0.946. The molecule has 0 spiro atoms. The van der Waals surface area contributed by atoms with Gasteiger partial charge >= 0.3 is 0 Å². The van der Waals surface area contributed by atoms with Crippen molar-refractivity contribution in [2.24, 2.45) is 0 Å². The van der Waals surface area contributed by atoms with Gasteiger partial charge < -0.3 is 9.73 Å². The molecule has 1 aliphatic rings. The zero-order chi connectivity index (χ0) is 14.8. The van der Waals surface area contributed by atoms with Crippen molar-refractivity contribution in [3.05, 3.63) is 47.4 Å². The molecular formula is C16H19N3O2. The highest BCUT2D eigenvalue weighted by molar-refractivity contribution is 5.93. The van der Waals surface area contributed by atoms with Crippen LogP contribution in [0.15, 0.2) is 29.1 Å². The lowest BCUT2D eigenvalue weighted by Crippen LogP contribution is -2.35. The highest BCUT2D eigenvalue weighted by Gasteiger charge is 2.32. The first kappa shape index (κ1) is 13.8. The number of carbonyl (C=O) groups is 1.